The van der Waals surface area contributed by atoms with Crippen LogP contribution in [-0.4, -0.2) is 24.7 Å². The van der Waals surface area contributed by atoms with Gasteiger partial charge in [-0.1, -0.05) is 19.1 Å². The Balaban J connectivity index is 1.74. The SMILES string of the molecule is CCc1cc(OCC(=O)OC)c(C)cc1SCc1sc(-c2ccc(C(F)(F)F)cc2)nc1C. The van der Waals surface area contributed by atoms with Crippen LogP contribution in [0.25, 0.3) is 10.6 Å². The number of halogens is 3. The van der Waals surface area contributed by atoms with E-state index in [9.17, 15) is 18.0 Å². The fourth-order valence-electron chi connectivity index (χ4n) is 3.10. The molecule has 1 heterocycles. The third-order valence-electron chi connectivity index (χ3n) is 5.02. The quantitative estimate of drug-likeness (QED) is 0.253. The minimum absolute atomic E-state index is 0.139. The van der Waals surface area contributed by atoms with Gasteiger partial charge in [0.05, 0.1) is 18.4 Å². The number of benzene rings is 2. The van der Waals surface area contributed by atoms with E-state index in [0.29, 0.717) is 22.1 Å². The van der Waals surface area contributed by atoms with Crippen molar-refractivity contribution in [2.75, 3.05) is 13.7 Å². The maximum atomic E-state index is 12.8. The molecule has 3 rings (SSSR count). The number of aryl methyl sites for hydroxylation is 3. The van der Waals surface area contributed by atoms with Crippen LogP contribution in [-0.2, 0) is 27.9 Å². The number of esters is 1. The smallest absolute Gasteiger partial charge is 0.416 e. The number of rotatable bonds is 8. The Kier molecular flexibility index (Phi) is 8.07. The number of hydrogen-bond donors (Lipinski definition) is 0. The average Bonchev–Trinajstić information content (AvgIpc) is 3.16. The van der Waals surface area contributed by atoms with Crippen LogP contribution in [0.1, 0.15) is 34.2 Å². The first-order chi connectivity index (χ1) is 15.6. The minimum Gasteiger partial charge on any atom is -0.482 e. The maximum Gasteiger partial charge on any atom is 0.416 e. The number of thiazole rings is 1. The highest BCUT2D eigenvalue weighted by atomic mass is 32.2. The summed E-state index contributed by atoms with van der Waals surface area (Å²) in [7, 11) is 1.32. The molecule has 0 fully saturated rings. The fourth-order valence-corrected chi connectivity index (χ4v) is 5.52. The van der Waals surface area contributed by atoms with Gasteiger partial charge >= 0.3 is 12.1 Å². The van der Waals surface area contributed by atoms with Crippen molar-refractivity contribution in [3.63, 3.8) is 0 Å². The van der Waals surface area contributed by atoms with Crippen LogP contribution in [0.4, 0.5) is 13.2 Å². The van der Waals surface area contributed by atoms with Gasteiger partial charge in [-0.05, 0) is 55.7 Å². The molecule has 0 atom stereocenters. The van der Waals surface area contributed by atoms with Gasteiger partial charge in [-0.15, -0.1) is 23.1 Å². The first kappa shape index (κ1) is 25.1. The second-order valence-electron chi connectivity index (χ2n) is 7.34. The number of carbonyl (C=O) groups is 1. The van der Waals surface area contributed by atoms with Gasteiger partial charge in [0.1, 0.15) is 10.8 Å². The molecule has 0 bridgehead atoms. The molecule has 2 aromatic carbocycles. The van der Waals surface area contributed by atoms with Crippen LogP contribution in [0.15, 0.2) is 41.3 Å². The van der Waals surface area contributed by atoms with Crippen molar-refractivity contribution in [1.82, 2.24) is 4.98 Å². The van der Waals surface area contributed by atoms with Crippen LogP contribution >= 0.6 is 23.1 Å². The van der Waals surface area contributed by atoms with E-state index < -0.39 is 17.7 Å². The van der Waals surface area contributed by atoms with Gasteiger partial charge in [0.2, 0.25) is 0 Å². The summed E-state index contributed by atoms with van der Waals surface area (Å²) in [4.78, 5) is 18.1. The summed E-state index contributed by atoms with van der Waals surface area (Å²) in [5.74, 6) is 0.912. The second kappa shape index (κ2) is 10.6. The van der Waals surface area contributed by atoms with Crippen LogP contribution in [0.3, 0.4) is 0 Å². The number of nitrogens with zero attached hydrogens (tertiary/aromatic N) is 1. The minimum atomic E-state index is -4.35. The Hall–Kier alpha value is -2.52. The van der Waals surface area contributed by atoms with Crippen LogP contribution in [0.5, 0.6) is 5.75 Å². The number of ether oxygens (including phenoxy) is 2. The summed E-state index contributed by atoms with van der Waals surface area (Å²) >= 11 is 3.17. The number of aromatic nitrogens is 1. The molecule has 0 saturated carbocycles. The van der Waals surface area contributed by atoms with Crippen molar-refractivity contribution in [2.45, 2.75) is 44.0 Å². The summed E-state index contributed by atoms with van der Waals surface area (Å²) in [5.41, 5.74) is 2.90. The molecule has 0 aliphatic heterocycles. The Morgan fingerprint density at radius 2 is 1.85 bits per heavy atom. The molecular weight excluding hydrogens is 471 g/mol. The van der Waals surface area contributed by atoms with Crippen molar-refractivity contribution in [2.24, 2.45) is 0 Å². The molecule has 0 aliphatic carbocycles. The lowest BCUT2D eigenvalue weighted by Gasteiger charge is -2.14. The highest BCUT2D eigenvalue weighted by Crippen LogP contribution is 2.37. The Morgan fingerprint density at radius 1 is 1.15 bits per heavy atom. The van der Waals surface area contributed by atoms with E-state index in [1.54, 1.807) is 11.8 Å². The second-order valence-corrected chi connectivity index (χ2v) is 9.44. The van der Waals surface area contributed by atoms with Crippen LogP contribution in [0, 0.1) is 13.8 Å². The van der Waals surface area contributed by atoms with Gasteiger partial charge < -0.3 is 9.47 Å². The van der Waals surface area contributed by atoms with E-state index in [1.165, 1.54) is 30.6 Å². The van der Waals surface area contributed by atoms with Gasteiger partial charge in [-0.2, -0.15) is 13.2 Å². The molecule has 0 aliphatic rings. The van der Waals surface area contributed by atoms with Gasteiger partial charge in [-0.25, -0.2) is 9.78 Å². The third kappa shape index (κ3) is 6.29. The summed E-state index contributed by atoms with van der Waals surface area (Å²) in [6, 6.07) is 9.09. The van der Waals surface area contributed by atoms with Gasteiger partial charge in [0.25, 0.3) is 0 Å². The lowest BCUT2D eigenvalue weighted by Crippen LogP contribution is -2.13. The van der Waals surface area contributed by atoms with E-state index in [-0.39, 0.29) is 6.61 Å². The van der Waals surface area contributed by atoms with Crippen molar-refractivity contribution in [3.05, 3.63) is 63.7 Å². The van der Waals surface area contributed by atoms with E-state index in [1.807, 2.05) is 26.0 Å². The molecule has 4 nitrogen and oxygen atoms in total. The predicted molar refractivity (Wildman–Crippen MR) is 125 cm³/mol. The summed E-state index contributed by atoms with van der Waals surface area (Å²) in [5, 5.41) is 0.704. The normalized spacial score (nSPS) is 11.5. The Labute approximate surface area is 199 Å². The first-order valence-corrected chi connectivity index (χ1v) is 12.0. The van der Waals surface area contributed by atoms with E-state index in [2.05, 4.69) is 16.6 Å². The molecule has 176 valence electrons. The summed E-state index contributed by atoms with van der Waals surface area (Å²) in [6.45, 7) is 5.76. The third-order valence-corrected chi connectivity index (χ3v) is 7.54. The summed E-state index contributed by atoms with van der Waals surface area (Å²) in [6.07, 6.45) is -3.55. The maximum absolute atomic E-state index is 12.8. The number of alkyl halides is 3. The monoisotopic (exact) mass is 495 g/mol. The standard InChI is InChI=1S/C24H24F3NO3S2/c1-5-16-11-19(31-12-22(29)30-4)14(2)10-20(16)32-13-21-15(3)28-23(33-21)17-6-8-18(9-7-17)24(25,26)27/h6-11H,5,12-13H2,1-4H3. The fraction of sp³-hybridized carbons (Fsp3) is 0.333. The Morgan fingerprint density at radius 3 is 2.45 bits per heavy atom. The largest absolute Gasteiger partial charge is 0.482 e. The molecule has 9 heteroatoms. The number of hydrogen-bond acceptors (Lipinski definition) is 6. The lowest BCUT2D eigenvalue weighted by atomic mass is 10.1. The highest BCUT2D eigenvalue weighted by Gasteiger charge is 2.30. The van der Waals surface area contributed by atoms with E-state index in [0.717, 1.165) is 45.1 Å². The molecule has 0 radical (unpaired) electrons. The van der Waals surface area contributed by atoms with Gasteiger partial charge in [-0.3, -0.25) is 0 Å². The zero-order chi connectivity index (χ0) is 24.2. The van der Waals surface area contributed by atoms with E-state index in [4.69, 9.17) is 4.74 Å². The van der Waals surface area contributed by atoms with Gasteiger partial charge in [0.15, 0.2) is 6.61 Å². The van der Waals surface area contributed by atoms with Crippen molar-refractivity contribution < 1.29 is 27.4 Å². The van der Waals surface area contributed by atoms with Gasteiger partial charge in [0, 0.05) is 21.1 Å². The molecule has 0 amide bonds. The molecule has 33 heavy (non-hydrogen) atoms. The van der Waals surface area contributed by atoms with Crippen LogP contribution in [0.2, 0.25) is 0 Å². The van der Waals surface area contributed by atoms with Crippen LogP contribution < -0.4 is 4.74 Å². The highest BCUT2D eigenvalue weighted by molar-refractivity contribution is 7.98. The number of carbonyl (C=O) groups excluding carboxylic acids is 1. The molecular formula is C24H24F3NO3S2. The van der Waals surface area contributed by atoms with Crippen molar-refractivity contribution >= 4 is 29.1 Å². The molecule has 0 spiro atoms. The first-order valence-electron chi connectivity index (χ1n) is 10.2. The van der Waals surface area contributed by atoms with E-state index >= 15 is 0 Å². The lowest BCUT2D eigenvalue weighted by molar-refractivity contribution is -0.143. The summed E-state index contributed by atoms with van der Waals surface area (Å²) < 4.78 is 48.7. The number of methoxy groups -OCH3 is 1. The molecule has 3 aromatic rings. The molecule has 0 N–H and O–H groups in total. The zero-order valence-corrected chi connectivity index (χ0v) is 20.3. The molecule has 0 saturated heterocycles. The number of thioether (sulfide) groups is 1. The average molecular weight is 496 g/mol. The Bertz CT molecular complexity index is 1130. The predicted octanol–water partition coefficient (Wildman–Crippen LogP) is 6.85. The van der Waals surface area contributed by atoms with Crippen molar-refractivity contribution in [3.8, 4) is 16.3 Å². The molecule has 1 aromatic heterocycles. The molecule has 0 unspecified atom stereocenters. The van der Waals surface area contributed by atoms with Crippen molar-refractivity contribution in [1.29, 1.82) is 0 Å². The topological polar surface area (TPSA) is 48.4 Å². The zero-order valence-electron chi connectivity index (χ0n) is 18.7.